The molecule has 4 heteroatoms. The first kappa shape index (κ1) is 12.0. The van der Waals surface area contributed by atoms with E-state index in [0.29, 0.717) is 18.9 Å². The monoisotopic (exact) mass is 213 g/mol. The second-order valence-corrected chi connectivity index (χ2v) is 4.21. The fourth-order valence-corrected chi connectivity index (χ4v) is 2.00. The van der Waals surface area contributed by atoms with E-state index in [2.05, 4.69) is 5.32 Å². The molecule has 86 valence electrons. The van der Waals surface area contributed by atoms with E-state index >= 15 is 0 Å². The zero-order chi connectivity index (χ0) is 11.3. The third-order valence-corrected chi connectivity index (χ3v) is 3.11. The molecule has 1 fully saturated rings. The van der Waals surface area contributed by atoms with Crippen LogP contribution in [0.5, 0.6) is 0 Å². The highest BCUT2D eigenvalue weighted by Crippen LogP contribution is 2.28. The van der Waals surface area contributed by atoms with Gasteiger partial charge >= 0.3 is 5.97 Å². The van der Waals surface area contributed by atoms with Gasteiger partial charge in [0.25, 0.3) is 0 Å². The SMILES string of the molecule is CCC(=O)NC[C@H]1CC[C@H](C(=O)O)CC1. The largest absolute Gasteiger partial charge is 0.481 e. The maximum atomic E-state index is 11.0. The van der Waals surface area contributed by atoms with E-state index in [1.807, 2.05) is 6.92 Å². The summed E-state index contributed by atoms with van der Waals surface area (Å²) in [6.45, 7) is 2.54. The molecule has 0 unspecified atom stereocenters. The van der Waals surface area contributed by atoms with E-state index in [1.54, 1.807) is 0 Å². The van der Waals surface area contributed by atoms with Crippen LogP contribution >= 0.6 is 0 Å². The second kappa shape index (κ2) is 5.73. The molecule has 0 aromatic heterocycles. The van der Waals surface area contributed by atoms with Crippen molar-refractivity contribution in [1.29, 1.82) is 0 Å². The Labute approximate surface area is 90.0 Å². The van der Waals surface area contributed by atoms with Crippen LogP contribution in [0.2, 0.25) is 0 Å². The third kappa shape index (κ3) is 3.90. The summed E-state index contributed by atoms with van der Waals surface area (Å²) in [5.41, 5.74) is 0. The van der Waals surface area contributed by atoms with Gasteiger partial charge in [0.1, 0.15) is 0 Å². The molecule has 1 aliphatic rings. The van der Waals surface area contributed by atoms with Crippen molar-refractivity contribution in [3.63, 3.8) is 0 Å². The lowest BCUT2D eigenvalue weighted by atomic mass is 9.82. The van der Waals surface area contributed by atoms with Gasteiger partial charge in [-0.15, -0.1) is 0 Å². The van der Waals surface area contributed by atoms with Gasteiger partial charge in [-0.05, 0) is 31.6 Å². The number of amides is 1. The fraction of sp³-hybridized carbons (Fsp3) is 0.818. The highest BCUT2D eigenvalue weighted by molar-refractivity contribution is 5.75. The van der Waals surface area contributed by atoms with Crippen LogP contribution < -0.4 is 5.32 Å². The van der Waals surface area contributed by atoms with Crippen LogP contribution in [-0.2, 0) is 9.59 Å². The number of rotatable bonds is 4. The van der Waals surface area contributed by atoms with Crippen LogP contribution in [0.4, 0.5) is 0 Å². The third-order valence-electron chi connectivity index (χ3n) is 3.11. The maximum absolute atomic E-state index is 11.0. The Bertz CT molecular complexity index is 232. The molecule has 15 heavy (non-hydrogen) atoms. The molecule has 1 aliphatic carbocycles. The second-order valence-electron chi connectivity index (χ2n) is 4.21. The molecule has 0 saturated heterocycles. The summed E-state index contributed by atoms with van der Waals surface area (Å²) in [6.07, 6.45) is 3.86. The average molecular weight is 213 g/mol. The van der Waals surface area contributed by atoms with Crippen LogP contribution in [0.3, 0.4) is 0 Å². The molecule has 4 nitrogen and oxygen atoms in total. The number of aliphatic carboxylic acids is 1. The number of carbonyl (C=O) groups excluding carboxylic acids is 1. The lowest BCUT2D eigenvalue weighted by Gasteiger charge is -2.26. The Morgan fingerprint density at radius 3 is 2.33 bits per heavy atom. The molecule has 0 aromatic rings. The van der Waals surface area contributed by atoms with Gasteiger partial charge in [-0.3, -0.25) is 9.59 Å². The van der Waals surface area contributed by atoms with Gasteiger partial charge in [-0.25, -0.2) is 0 Å². The molecule has 0 radical (unpaired) electrons. The van der Waals surface area contributed by atoms with Gasteiger partial charge in [-0.1, -0.05) is 6.92 Å². The average Bonchev–Trinajstić information content (AvgIpc) is 2.26. The lowest BCUT2D eigenvalue weighted by Crippen LogP contribution is -2.31. The molecule has 0 heterocycles. The number of carbonyl (C=O) groups is 2. The minimum atomic E-state index is -0.675. The van der Waals surface area contributed by atoms with E-state index < -0.39 is 5.97 Å². The number of carboxylic acid groups (broad SMARTS) is 1. The van der Waals surface area contributed by atoms with E-state index in [4.69, 9.17) is 5.11 Å². The molecule has 1 amide bonds. The summed E-state index contributed by atoms with van der Waals surface area (Å²) in [7, 11) is 0. The van der Waals surface area contributed by atoms with Crippen molar-refractivity contribution in [1.82, 2.24) is 5.32 Å². The van der Waals surface area contributed by atoms with Crippen molar-refractivity contribution in [3.8, 4) is 0 Å². The molecule has 1 saturated carbocycles. The highest BCUT2D eigenvalue weighted by atomic mass is 16.4. The molecular weight excluding hydrogens is 194 g/mol. The topological polar surface area (TPSA) is 66.4 Å². The van der Waals surface area contributed by atoms with Crippen molar-refractivity contribution in [2.24, 2.45) is 11.8 Å². The summed E-state index contributed by atoms with van der Waals surface area (Å²) in [6, 6.07) is 0. The zero-order valence-corrected chi connectivity index (χ0v) is 9.16. The molecular formula is C11H19NO3. The van der Waals surface area contributed by atoms with Crippen LogP contribution in [0, 0.1) is 11.8 Å². The van der Waals surface area contributed by atoms with Gasteiger partial charge in [-0.2, -0.15) is 0 Å². The molecule has 0 aromatic carbocycles. The quantitative estimate of drug-likeness (QED) is 0.742. The number of nitrogens with one attached hydrogen (secondary N) is 1. The molecule has 2 N–H and O–H groups in total. The maximum Gasteiger partial charge on any atom is 0.306 e. The summed E-state index contributed by atoms with van der Waals surface area (Å²) in [5.74, 6) is -0.291. The van der Waals surface area contributed by atoms with Crippen LogP contribution in [0.25, 0.3) is 0 Å². The first-order valence-corrected chi connectivity index (χ1v) is 5.63. The fourth-order valence-electron chi connectivity index (χ4n) is 2.00. The van der Waals surface area contributed by atoms with Crippen LogP contribution in [0.15, 0.2) is 0 Å². The molecule has 0 bridgehead atoms. The van der Waals surface area contributed by atoms with Crippen molar-refractivity contribution < 1.29 is 14.7 Å². The lowest BCUT2D eigenvalue weighted by molar-refractivity contribution is -0.143. The number of carboxylic acids is 1. The smallest absolute Gasteiger partial charge is 0.306 e. The van der Waals surface area contributed by atoms with E-state index in [-0.39, 0.29) is 11.8 Å². The van der Waals surface area contributed by atoms with Gasteiger partial charge in [0.15, 0.2) is 0 Å². The zero-order valence-electron chi connectivity index (χ0n) is 9.16. The van der Waals surface area contributed by atoms with Crippen LogP contribution in [0.1, 0.15) is 39.0 Å². The van der Waals surface area contributed by atoms with E-state index in [9.17, 15) is 9.59 Å². The van der Waals surface area contributed by atoms with Gasteiger partial charge in [0.2, 0.25) is 5.91 Å². The first-order chi connectivity index (χ1) is 7.13. The predicted octanol–water partition coefficient (Wildman–Crippen LogP) is 1.40. The standard InChI is InChI=1S/C11H19NO3/c1-2-10(13)12-7-8-3-5-9(6-4-8)11(14)15/h8-9H,2-7H2,1H3,(H,12,13)(H,14,15)/t8-,9-. The molecule has 0 spiro atoms. The van der Waals surface area contributed by atoms with E-state index in [0.717, 1.165) is 25.7 Å². The first-order valence-electron chi connectivity index (χ1n) is 5.63. The normalized spacial score (nSPS) is 25.9. The summed E-state index contributed by atoms with van der Waals surface area (Å²) >= 11 is 0. The van der Waals surface area contributed by atoms with Crippen molar-refractivity contribution in [2.45, 2.75) is 39.0 Å². The Hall–Kier alpha value is -1.06. The highest BCUT2D eigenvalue weighted by Gasteiger charge is 2.25. The molecule has 0 aliphatic heterocycles. The van der Waals surface area contributed by atoms with Gasteiger partial charge in [0, 0.05) is 13.0 Å². The van der Waals surface area contributed by atoms with Crippen LogP contribution in [-0.4, -0.2) is 23.5 Å². The Kier molecular flexibility index (Phi) is 4.59. The van der Waals surface area contributed by atoms with E-state index in [1.165, 1.54) is 0 Å². The number of hydrogen-bond donors (Lipinski definition) is 2. The van der Waals surface area contributed by atoms with Gasteiger partial charge < -0.3 is 10.4 Å². The summed E-state index contributed by atoms with van der Waals surface area (Å²) in [5, 5.41) is 11.7. The predicted molar refractivity (Wildman–Crippen MR) is 56.4 cm³/mol. The number of hydrogen-bond acceptors (Lipinski definition) is 2. The van der Waals surface area contributed by atoms with Crippen molar-refractivity contribution >= 4 is 11.9 Å². The Morgan fingerprint density at radius 2 is 1.87 bits per heavy atom. The summed E-state index contributed by atoms with van der Waals surface area (Å²) in [4.78, 5) is 21.7. The minimum Gasteiger partial charge on any atom is -0.481 e. The Balaban J connectivity index is 2.20. The summed E-state index contributed by atoms with van der Waals surface area (Å²) < 4.78 is 0. The van der Waals surface area contributed by atoms with Gasteiger partial charge in [0.05, 0.1) is 5.92 Å². The minimum absolute atomic E-state index is 0.0790. The van der Waals surface area contributed by atoms with Crippen molar-refractivity contribution in [3.05, 3.63) is 0 Å². The van der Waals surface area contributed by atoms with Crippen molar-refractivity contribution in [2.75, 3.05) is 6.54 Å². The Morgan fingerprint density at radius 1 is 1.27 bits per heavy atom. The molecule has 1 rings (SSSR count). The molecule has 0 atom stereocenters.